The minimum Gasteiger partial charge on any atom is -0.383 e. The van der Waals surface area contributed by atoms with Gasteiger partial charge in [-0.1, -0.05) is 0 Å². The van der Waals surface area contributed by atoms with Crippen LogP contribution in [0.4, 0.5) is 13.2 Å². The summed E-state index contributed by atoms with van der Waals surface area (Å²) in [6.45, 7) is 2.36. The molecule has 0 spiro atoms. The van der Waals surface area contributed by atoms with Crippen LogP contribution in [0.15, 0.2) is 6.20 Å². The van der Waals surface area contributed by atoms with Crippen LogP contribution in [0, 0.1) is 5.92 Å². The van der Waals surface area contributed by atoms with E-state index >= 15 is 0 Å². The number of ether oxygens (including phenoxy) is 1. The fourth-order valence-corrected chi connectivity index (χ4v) is 2.54. The smallest absolute Gasteiger partial charge is 0.383 e. The van der Waals surface area contributed by atoms with Gasteiger partial charge in [0.1, 0.15) is 12.2 Å². The number of aryl methyl sites for hydroxylation is 1. The Bertz CT molecular complexity index is 465. The van der Waals surface area contributed by atoms with Crippen molar-refractivity contribution in [2.75, 3.05) is 26.8 Å². The Morgan fingerprint density at radius 3 is 2.95 bits per heavy atom. The minimum absolute atomic E-state index is 0.127. The standard InChI is InChI=1S/C14H20F3N3O/c1-21-5-4-18-8-10-2-3-12-11(6-10)9-19-13(20-12)7-14(15,16)17/h9-10,18H,2-8H2,1H3. The van der Waals surface area contributed by atoms with Crippen molar-refractivity contribution in [3.63, 3.8) is 0 Å². The first-order chi connectivity index (χ1) is 9.98. The van der Waals surface area contributed by atoms with Crippen LogP contribution in [0.25, 0.3) is 0 Å². The summed E-state index contributed by atoms with van der Waals surface area (Å²) in [5, 5.41) is 3.31. The van der Waals surface area contributed by atoms with Crippen molar-refractivity contribution in [1.29, 1.82) is 0 Å². The first-order valence-corrected chi connectivity index (χ1v) is 7.08. The number of fused-ring (bicyclic) bond motifs is 1. The van der Waals surface area contributed by atoms with Gasteiger partial charge < -0.3 is 10.1 Å². The maximum absolute atomic E-state index is 12.3. The molecule has 1 aromatic heterocycles. The second-order valence-electron chi connectivity index (χ2n) is 5.36. The number of nitrogens with zero attached hydrogens (tertiary/aromatic N) is 2. The number of methoxy groups -OCH3 is 1. The summed E-state index contributed by atoms with van der Waals surface area (Å²) in [5.74, 6) is 0.351. The van der Waals surface area contributed by atoms with Crippen LogP contribution in [0.3, 0.4) is 0 Å². The first kappa shape index (κ1) is 16.2. The van der Waals surface area contributed by atoms with Gasteiger partial charge in [0.2, 0.25) is 0 Å². The summed E-state index contributed by atoms with van der Waals surface area (Å²) in [5.41, 5.74) is 1.75. The lowest BCUT2D eigenvalue weighted by molar-refractivity contribution is -0.128. The van der Waals surface area contributed by atoms with Crippen molar-refractivity contribution in [3.8, 4) is 0 Å². The number of halogens is 3. The van der Waals surface area contributed by atoms with Gasteiger partial charge in [0.15, 0.2) is 0 Å². The second-order valence-corrected chi connectivity index (χ2v) is 5.36. The molecule has 0 bridgehead atoms. The molecule has 0 saturated carbocycles. The van der Waals surface area contributed by atoms with Gasteiger partial charge in [-0.2, -0.15) is 13.2 Å². The predicted octanol–water partition coefficient (Wildman–Crippen LogP) is 1.92. The van der Waals surface area contributed by atoms with Crippen LogP contribution in [-0.4, -0.2) is 43.0 Å². The molecule has 118 valence electrons. The average Bonchev–Trinajstić information content (AvgIpc) is 2.42. The van der Waals surface area contributed by atoms with Crippen LogP contribution in [0.5, 0.6) is 0 Å². The van der Waals surface area contributed by atoms with Crippen molar-refractivity contribution in [1.82, 2.24) is 15.3 Å². The topological polar surface area (TPSA) is 47.0 Å². The van der Waals surface area contributed by atoms with Gasteiger partial charge >= 0.3 is 6.18 Å². The zero-order chi connectivity index (χ0) is 15.3. The Hall–Kier alpha value is -1.21. The Morgan fingerprint density at radius 1 is 1.43 bits per heavy atom. The summed E-state index contributed by atoms with van der Waals surface area (Å²) in [6.07, 6.45) is -1.26. The molecule has 2 rings (SSSR count). The van der Waals surface area contributed by atoms with Gasteiger partial charge in [0.05, 0.1) is 6.61 Å². The van der Waals surface area contributed by atoms with E-state index < -0.39 is 12.6 Å². The van der Waals surface area contributed by atoms with Crippen molar-refractivity contribution >= 4 is 0 Å². The summed E-state index contributed by atoms with van der Waals surface area (Å²) in [7, 11) is 1.66. The van der Waals surface area contributed by atoms with Crippen molar-refractivity contribution in [3.05, 3.63) is 23.3 Å². The maximum atomic E-state index is 12.3. The summed E-state index contributed by atoms with van der Waals surface area (Å²) < 4.78 is 42.0. The lowest BCUT2D eigenvalue weighted by Gasteiger charge is -2.24. The van der Waals surface area contributed by atoms with E-state index in [1.54, 1.807) is 13.3 Å². The molecule has 4 nitrogen and oxygen atoms in total. The molecule has 0 saturated heterocycles. The average molecular weight is 303 g/mol. The first-order valence-electron chi connectivity index (χ1n) is 7.08. The highest BCUT2D eigenvalue weighted by molar-refractivity contribution is 5.21. The molecule has 1 unspecified atom stereocenters. The molecule has 0 aliphatic heterocycles. The number of nitrogens with one attached hydrogen (secondary N) is 1. The number of aromatic nitrogens is 2. The van der Waals surface area contributed by atoms with E-state index in [-0.39, 0.29) is 5.82 Å². The third-order valence-electron chi connectivity index (χ3n) is 3.58. The van der Waals surface area contributed by atoms with Gasteiger partial charge in [-0.05, 0) is 37.3 Å². The van der Waals surface area contributed by atoms with E-state index in [4.69, 9.17) is 4.74 Å². The predicted molar refractivity (Wildman–Crippen MR) is 72.1 cm³/mol. The molecule has 1 aliphatic carbocycles. The van der Waals surface area contributed by atoms with Gasteiger partial charge in [0.25, 0.3) is 0 Å². The fourth-order valence-electron chi connectivity index (χ4n) is 2.54. The van der Waals surface area contributed by atoms with Crippen LogP contribution in [0.2, 0.25) is 0 Å². The van der Waals surface area contributed by atoms with Gasteiger partial charge in [-0.15, -0.1) is 0 Å². The lowest BCUT2D eigenvalue weighted by atomic mass is 9.87. The third kappa shape index (κ3) is 5.24. The molecule has 7 heteroatoms. The quantitative estimate of drug-likeness (QED) is 0.816. The molecule has 1 aromatic rings. The Kier molecular flexibility index (Phi) is 5.52. The molecule has 0 aromatic carbocycles. The van der Waals surface area contributed by atoms with E-state index in [2.05, 4.69) is 15.3 Å². The largest absolute Gasteiger partial charge is 0.396 e. The van der Waals surface area contributed by atoms with E-state index in [9.17, 15) is 13.2 Å². The zero-order valence-corrected chi connectivity index (χ0v) is 12.0. The second kappa shape index (κ2) is 7.17. The van der Waals surface area contributed by atoms with Gasteiger partial charge in [-0.3, -0.25) is 0 Å². The van der Waals surface area contributed by atoms with Gasteiger partial charge in [-0.25, -0.2) is 9.97 Å². The van der Waals surface area contributed by atoms with E-state index in [0.717, 1.165) is 43.6 Å². The Morgan fingerprint density at radius 2 is 2.24 bits per heavy atom. The third-order valence-corrected chi connectivity index (χ3v) is 3.58. The summed E-state index contributed by atoms with van der Waals surface area (Å²) >= 11 is 0. The monoisotopic (exact) mass is 303 g/mol. The fraction of sp³-hybridized carbons (Fsp3) is 0.714. The molecule has 0 fully saturated rings. The number of rotatable bonds is 6. The van der Waals surface area contributed by atoms with Crippen LogP contribution >= 0.6 is 0 Å². The molecular weight excluding hydrogens is 283 g/mol. The van der Waals surface area contributed by atoms with Crippen LogP contribution < -0.4 is 5.32 Å². The van der Waals surface area contributed by atoms with E-state index in [0.29, 0.717) is 12.5 Å². The zero-order valence-electron chi connectivity index (χ0n) is 12.0. The number of hydrogen-bond acceptors (Lipinski definition) is 4. The molecule has 1 N–H and O–H groups in total. The molecule has 0 radical (unpaired) electrons. The van der Waals surface area contributed by atoms with E-state index in [1.807, 2.05) is 0 Å². The van der Waals surface area contributed by atoms with Crippen LogP contribution in [-0.2, 0) is 24.0 Å². The molecule has 21 heavy (non-hydrogen) atoms. The molecular formula is C14H20F3N3O. The summed E-state index contributed by atoms with van der Waals surface area (Å²) in [6, 6.07) is 0. The maximum Gasteiger partial charge on any atom is 0.396 e. The molecule has 1 heterocycles. The van der Waals surface area contributed by atoms with Crippen molar-refractivity contribution in [2.45, 2.75) is 31.9 Å². The molecule has 0 amide bonds. The highest BCUT2D eigenvalue weighted by Gasteiger charge is 2.30. The molecule has 1 aliphatic rings. The normalized spacial score (nSPS) is 18.6. The Balaban J connectivity index is 1.90. The number of hydrogen-bond donors (Lipinski definition) is 1. The summed E-state index contributed by atoms with van der Waals surface area (Å²) in [4.78, 5) is 7.92. The minimum atomic E-state index is -4.25. The van der Waals surface area contributed by atoms with Gasteiger partial charge in [0, 0.05) is 25.5 Å². The molecule has 1 atom stereocenters. The number of alkyl halides is 3. The van der Waals surface area contributed by atoms with Crippen molar-refractivity contribution < 1.29 is 17.9 Å². The SMILES string of the molecule is COCCNCC1CCc2nc(CC(F)(F)F)ncc2C1. The highest BCUT2D eigenvalue weighted by atomic mass is 19.4. The van der Waals surface area contributed by atoms with Crippen LogP contribution in [0.1, 0.15) is 23.5 Å². The van der Waals surface area contributed by atoms with Crippen molar-refractivity contribution in [2.24, 2.45) is 5.92 Å². The Labute approximate surface area is 122 Å². The van der Waals surface area contributed by atoms with E-state index in [1.165, 1.54) is 0 Å². The highest BCUT2D eigenvalue weighted by Crippen LogP contribution is 2.25. The lowest BCUT2D eigenvalue weighted by Crippen LogP contribution is -2.30.